The summed E-state index contributed by atoms with van der Waals surface area (Å²) >= 11 is 1.47. The van der Waals surface area contributed by atoms with Gasteiger partial charge in [0.05, 0.1) is 11.7 Å². The van der Waals surface area contributed by atoms with Crippen molar-refractivity contribution in [3.8, 4) is 0 Å². The third-order valence-corrected chi connectivity index (χ3v) is 3.89. The summed E-state index contributed by atoms with van der Waals surface area (Å²) in [4.78, 5) is 23.3. The first-order valence-corrected chi connectivity index (χ1v) is 7.08. The zero-order chi connectivity index (χ0) is 14.4. The summed E-state index contributed by atoms with van der Waals surface area (Å²) in [6.07, 6.45) is 0. The number of hydrogen-bond donors (Lipinski definition) is 2. The van der Waals surface area contributed by atoms with Gasteiger partial charge >= 0.3 is 5.97 Å². The Labute approximate surface area is 117 Å². The minimum absolute atomic E-state index is 0.140. The minimum atomic E-state index is -0.900. The van der Waals surface area contributed by atoms with Gasteiger partial charge < -0.3 is 10.4 Å². The summed E-state index contributed by atoms with van der Waals surface area (Å²) in [7, 11) is 0. The van der Waals surface area contributed by atoms with Crippen molar-refractivity contribution < 1.29 is 14.7 Å². The second-order valence-corrected chi connectivity index (χ2v) is 5.62. The Balaban J connectivity index is 2.42. The number of amides is 1. The number of carboxylic acid groups (broad SMARTS) is 1. The predicted octanol–water partition coefficient (Wildman–Crippen LogP) is 2.23. The molecule has 1 rings (SSSR count). The van der Waals surface area contributed by atoms with Crippen LogP contribution in [0.2, 0.25) is 0 Å². The van der Waals surface area contributed by atoms with Gasteiger partial charge in [-0.25, -0.2) is 0 Å². The van der Waals surface area contributed by atoms with Gasteiger partial charge in [0, 0.05) is 11.4 Å². The van der Waals surface area contributed by atoms with E-state index in [0.29, 0.717) is 5.75 Å². The lowest BCUT2D eigenvalue weighted by Crippen LogP contribution is -2.32. The van der Waals surface area contributed by atoms with Crippen LogP contribution in [0.4, 0.5) is 0 Å². The smallest absolute Gasteiger partial charge is 0.308 e. The number of hydrogen-bond acceptors (Lipinski definition) is 3. The molecule has 0 bridgehead atoms. The number of rotatable bonds is 6. The summed E-state index contributed by atoms with van der Waals surface area (Å²) in [5.74, 6) is -1.30. The third kappa shape index (κ3) is 5.34. The molecule has 1 aromatic rings. The quantitative estimate of drug-likeness (QED) is 0.785. The Bertz CT molecular complexity index is 474. The van der Waals surface area contributed by atoms with Crippen LogP contribution in [0.25, 0.3) is 0 Å². The van der Waals surface area contributed by atoms with Crippen LogP contribution in [0.1, 0.15) is 18.1 Å². The van der Waals surface area contributed by atoms with Crippen LogP contribution < -0.4 is 5.32 Å². The lowest BCUT2D eigenvalue weighted by molar-refractivity contribution is -0.141. The van der Waals surface area contributed by atoms with Crippen LogP contribution in [0, 0.1) is 19.8 Å². The molecule has 4 nitrogen and oxygen atoms in total. The summed E-state index contributed by atoms with van der Waals surface area (Å²) in [6, 6.07) is 6.11. The van der Waals surface area contributed by atoms with Gasteiger partial charge in [0.15, 0.2) is 0 Å². The Morgan fingerprint density at radius 2 is 2.05 bits per heavy atom. The van der Waals surface area contributed by atoms with E-state index in [0.717, 1.165) is 16.0 Å². The van der Waals surface area contributed by atoms with E-state index in [4.69, 9.17) is 5.11 Å². The molecule has 5 heteroatoms. The largest absolute Gasteiger partial charge is 0.481 e. The van der Waals surface area contributed by atoms with Crippen LogP contribution >= 0.6 is 11.8 Å². The molecule has 0 spiro atoms. The molecule has 0 radical (unpaired) electrons. The van der Waals surface area contributed by atoms with Gasteiger partial charge in [-0.05, 0) is 25.5 Å². The van der Waals surface area contributed by atoms with Crippen LogP contribution in [-0.2, 0) is 9.59 Å². The van der Waals surface area contributed by atoms with Gasteiger partial charge in [-0.15, -0.1) is 11.8 Å². The summed E-state index contributed by atoms with van der Waals surface area (Å²) < 4.78 is 0. The number of aliphatic carboxylic acids is 1. The van der Waals surface area contributed by atoms with E-state index in [1.54, 1.807) is 6.92 Å². The number of benzene rings is 1. The highest BCUT2D eigenvalue weighted by Crippen LogP contribution is 2.23. The van der Waals surface area contributed by atoms with Crippen molar-refractivity contribution in [2.45, 2.75) is 25.7 Å². The van der Waals surface area contributed by atoms with E-state index in [-0.39, 0.29) is 12.5 Å². The minimum Gasteiger partial charge on any atom is -0.481 e. The highest BCUT2D eigenvalue weighted by molar-refractivity contribution is 8.00. The first-order chi connectivity index (χ1) is 8.90. The molecule has 0 aliphatic heterocycles. The Morgan fingerprint density at radius 1 is 1.37 bits per heavy atom. The summed E-state index contributed by atoms with van der Waals surface area (Å²) in [6.45, 7) is 5.76. The summed E-state index contributed by atoms with van der Waals surface area (Å²) in [5, 5.41) is 11.3. The van der Waals surface area contributed by atoms with Crippen molar-refractivity contribution in [2.24, 2.45) is 5.92 Å². The number of carbonyl (C=O) groups is 2. The van der Waals surface area contributed by atoms with Crippen molar-refractivity contribution in [1.82, 2.24) is 5.32 Å². The van der Waals surface area contributed by atoms with E-state index in [2.05, 4.69) is 5.32 Å². The molecule has 1 aromatic carbocycles. The highest BCUT2D eigenvalue weighted by Gasteiger charge is 2.12. The SMILES string of the molecule is Cc1ccc(C)c(SCC(=O)NCC(C)C(=O)O)c1. The molecule has 1 unspecified atom stereocenters. The molecule has 0 saturated heterocycles. The topological polar surface area (TPSA) is 66.4 Å². The Morgan fingerprint density at radius 3 is 2.68 bits per heavy atom. The molecule has 0 aliphatic carbocycles. The lowest BCUT2D eigenvalue weighted by atomic mass is 10.2. The fourth-order valence-electron chi connectivity index (χ4n) is 1.41. The number of aryl methyl sites for hydroxylation is 2. The fourth-order valence-corrected chi connectivity index (χ4v) is 2.36. The average Bonchev–Trinajstić information content (AvgIpc) is 2.36. The molecule has 0 aromatic heterocycles. The molecule has 19 heavy (non-hydrogen) atoms. The van der Waals surface area contributed by atoms with Gasteiger partial charge in [-0.3, -0.25) is 9.59 Å². The molecule has 1 amide bonds. The second-order valence-electron chi connectivity index (χ2n) is 4.60. The Hall–Kier alpha value is -1.49. The maximum Gasteiger partial charge on any atom is 0.308 e. The highest BCUT2D eigenvalue weighted by atomic mass is 32.2. The maximum atomic E-state index is 11.6. The number of thioether (sulfide) groups is 1. The Kier molecular flexibility index (Phi) is 5.89. The van der Waals surface area contributed by atoms with Crippen molar-refractivity contribution in [1.29, 1.82) is 0 Å². The lowest BCUT2D eigenvalue weighted by Gasteiger charge is -2.09. The first-order valence-electron chi connectivity index (χ1n) is 6.09. The zero-order valence-corrected chi connectivity index (χ0v) is 12.2. The van der Waals surface area contributed by atoms with E-state index in [1.165, 1.54) is 11.8 Å². The molecule has 0 aliphatic rings. The van der Waals surface area contributed by atoms with Gasteiger partial charge in [-0.1, -0.05) is 24.6 Å². The van der Waals surface area contributed by atoms with Gasteiger partial charge in [0.1, 0.15) is 0 Å². The third-order valence-electron chi connectivity index (χ3n) is 2.73. The molecular formula is C14H19NO3S. The molecule has 104 valence electrons. The summed E-state index contributed by atoms with van der Waals surface area (Å²) in [5.41, 5.74) is 2.30. The average molecular weight is 281 g/mol. The number of nitrogens with one attached hydrogen (secondary N) is 1. The van der Waals surface area contributed by atoms with E-state index in [1.807, 2.05) is 32.0 Å². The van der Waals surface area contributed by atoms with Crippen molar-refractivity contribution in [2.75, 3.05) is 12.3 Å². The predicted molar refractivity (Wildman–Crippen MR) is 76.4 cm³/mol. The van der Waals surface area contributed by atoms with Gasteiger partial charge in [0.25, 0.3) is 0 Å². The van der Waals surface area contributed by atoms with Crippen molar-refractivity contribution in [3.63, 3.8) is 0 Å². The van der Waals surface area contributed by atoms with Crippen LogP contribution in [-0.4, -0.2) is 29.3 Å². The van der Waals surface area contributed by atoms with Crippen molar-refractivity contribution >= 4 is 23.6 Å². The maximum absolute atomic E-state index is 11.6. The fraction of sp³-hybridized carbons (Fsp3) is 0.429. The van der Waals surface area contributed by atoms with Crippen LogP contribution in [0.5, 0.6) is 0 Å². The first kappa shape index (κ1) is 15.6. The number of carbonyl (C=O) groups excluding carboxylic acids is 1. The normalized spacial score (nSPS) is 11.9. The van der Waals surface area contributed by atoms with Gasteiger partial charge in [0.2, 0.25) is 5.91 Å². The molecule has 0 saturated carbocycles. The zero-order valence-electron chi connectivity index (χ0n) is 11.4. The standard InChI is InChI=1S/C14H19NO3S/c1-9-4-5-10(2)12(6-9)19-8-13(16)15-7-11(3)14(17)18/h4-6,11H,7-8H2,1-3H3,(H,15,16)(H,17,18). The van der Waals surface area contributed by atoms with Crippen LogP contribution in [0.15, 0.2) is 23.1 Å². The monoisotopic (exact) mass is 281 g/mol. The molecule has 0 heterocycles. The van der Waals surface area contributed by atoms with E-state index < -0.39 is 11.9 Å². The second kappa shape index (κ2) is 7.19. The number of carboxylic acids is 1. The molecule has 0 fully saturated rings. The molecule has 1 atom stereocenters. The van der Waals surface area contributed by atoms with Crippen LogP contribution in [0.3, 0.4) is 0 Å². The van der Waals surface area contributed by atoms with Gasteiger partial charge in [-0.2, -0.15) is 0 Å². The van der Waals surface area contributed by atoms with Crippen molar-refractivity contribution in [3.05, 3.63) is 29.3 Å². The molecular weight excluding hydrogens is 262 g/mol. The van der Waals surface area contributed by atoms with E-state index >= 15 is 0 Å². The van der Waals surface area contributed by atoms with E-state index in [9.17, 15) is 9.59 Å². The molecule has 2 N–H and O–H groups in total.